The maximum atomic E-state index is 11.6. The van der Waals surface area contributed by atoms with Crippen LogP contribution in [0.3, 0.4) is 0 Å². The van der Waals surface area contributed by atoms with E-state index in [0.29, 0.717) is 12.0 Å². The standard InChI is InChI=1S/C18H27NO2/c1-13(2)18-10-7-16(11-14(18)3)19(12-20)15-5-8-17(21-4)9-6-15/h5-6,8-9,12-14,16,18H,7,10-11H2,1-4H3. The highest BCUT2D eigenvalue weighted by atomic mass is 16.5. The van der Waals surface area contributed by atoms with Crippen LogP contribution in [0.5, 0.6) is 5.75 Å². The SMILES string of the molecule is COc1ccc(N(C=O)C2CCC(C(C)C)C(C)C2)cc1. The molecule has 0 bridgehead atoms. The molecular formula is C18H27NO2. The lowest BCUT2D eigenvalue weighted by molar-refractivity contribution is -0.108. The second-order valence-corrected chi connectivity index (χ2v) is 6.56. The Labute approximate surface area is 128 Å². The molecule has 0 N–H and O–H groups in total. The quantitative estimate of drug-likeness (QED) is 0.763. The van der Waals surface area contributed by atoms with E-state index in [1.165, 1.54) is 6.42 Å². The van der Waals surface area contributed by atoms with Crippen molar-refractivity contribution in [3.8, 4) is 5.75 Å². The van der Waals surface area contributed by atoms with Gasteiger partial charge in [0.05, 0.1) is 7.11 Å². The molecule has 1 saturated carbocycles. The normalized spacial score (nSPS) is 25.7. The lowest BCUT2D eigenvalue weighted by Gasteiger charge is -2.40. The Morgan fingerprint density at radius 2 is 1.90 bits per heavy atom. The number of anilines is 1. The van der Waals surface area contributed by atoms with E-state index in [-0.39, 0.29) is 0 Å². The summed E-state index contributed by atoms with van der Waals surface area (Å²) in [6, 6.07) is 8.07. The molecule has 3 atom stereocenters. The van der Waals surface area contributed by atoms with Gasteiger partial charge < -0.3 is 9.64 Å². The van der Waals surface area contributed by atoms with Crippen molar-refractivity contribution in [1.29, 1.82) is 0 Å². The Hall–Kier alpha value is -1.51. The van der Waals surface area contributed by atoms with Crippen molar-refractivity contribution < 1.29 is 9.53 Å². The predicted octanol–water partition coefficient (Wildman–Crippen LogP) is 4.12. The molecule has 21 heavy (non-hydrogen) atoms. The number of carbonyl (C=O) groups excluding carboxylic acids is 1. The van der Waals surface area contributed by atoms with Crippen molar-refractivity contribution in [1.82, 2.24) is 0 Å². The number of hydrogen-bond acceptors (Lipinski definition) is 2. The molecule has 116 valence electrons. The van der Waals surface area contributed by atoms with E-state index in [1.807, 2.05) is 29.2 Å². The van der Waals surface area contributed by atoms with Gasteiger partial charge in [-0.2, -0.15) is 0 Å². The number of nitrogens with zero attached hydrogens (tertiary/aromatic N) is 1. The van der Waals surface area contributed by atoms with Crippen molar-refractivity contribution in [2.75, 3.05) is 12.0 Å². The highest BCUT2D eigenvalue weighted by Gasteiger charge is 2.32. The second-order valence-electron chi connectivity index (χ2n) is 6.56. The van der Waals surface area contributed by atoms with Crippen molar-refractivity contribution in [3.05, 3.63) is 24.3 Å². The van der Waals surface area contributed by atoms with Crippen molar-refractivity contribution in [3.63, 3.8) is 0 Å². The zero-order valence-electron chi connectivity index (χ0n) is 13.6. The van der Waals surface area contributed by atoms with Crippen LogP contribution in [0.1, 0.15) is 40.0 Å². The summed E-state index contributed by atoms with van der Waals surface area (Å²) < 4.78 is 5.18. The molecule has 1 aromatic carbocycles. The first kappa shape index (κ1) is 15.9. The third kappa shape index (κ3) is 3.58. The lowest BCUT2D eigenvalue weighted by atomic mass is 9.72. The molecule has 0 aliphatic heterocycles. The van der Waals surface area contributed by atoms with E-state index >= 15 is 0 Å². The van der Waals surface area contributed by atoms with Crippen LogP contribution >= 0.6 is 0 Å². The summed E-state index contributed by atoms with van der Waals surface area (Å²) in [7, 11) is 1.65. The number of rotatable bonds is 5. The Kier molecular flexibility index (Phi) is 5.27. The molecule has 0 spiro atoms. The van der Waals surface area contributed by atoms with Gasteiger partial charge >= 0.3 is 0 Å². The van der Waals surface area contributed by atoms with Gasteiger partial charge in [-0.05, 0) is 61.3 Å². The van der Waals surface area contributed by atoms with Gasteiger partial charge in [0, 0.05) is 11.7 Å². The topological polar surface area (TPSA) is 29.5 Å². The number of methoxy groups -OCH3 is 1. The Balaban J connectivity index is 2.09. The summed E-state index contributed by atoms with van der Waals surface area (Å²) in [4.78, 5) is 13.5. The fourth-order valence-electron chi connectivity index (χ4n) is 3.75. The molecule has 1 fully saturated rings. The van der Waals surface area contributed by atoms with Gasteiger partial charge in [0.25, 0.3) is 0 Å². The number of ether oxygens (including phenoxy) is 1. The molecule has 0 heterocycles. The van der Waals surface area contributed by atoms with Crippen LogP contribution in [0, 0.1) is 17.8 Å². The van der Waals surface area contributed by atoms with Crippen LogP contribution in [0.2, 0.25) is 0 Å². The fraction of sp³-hybridized carbons (Fsp3) is 0.611. The van der Waals surface area contributed by atoms with E-state index in [0.717, 1.165) is 42.5 Å². The zero-order valence-corrected chi connectivity index (χ0v) is 13.6. The van der Waals surface area contributed by atoms with Gasteiger partial charge in [0.15, 0.2) is 0 Å². The lowest BCUT2D eigenvalue weighted by Crippen LogP contribution is -2.41. The Morgan fingerprint density at radius 3 is 2.38 bits per heavy atom. The first-order valence-corrected chi connectivity index (χ1v) is 7.94. The van der Waals surface area contributed by atoms with Gasteiger partial charge in [-0.3, -0.25) is 4.79 Å². The average molecular weight is 289 g/mol. The van der Waals surface area contributed by atoms with Gasteiger partial charge in [0.2, 0.25) is 6.41 Å². The summed E-state index contributed by atoms with van der Waals surface area (Å²) in [6.45, 7) is 6.94. The molecule has 0 radical (unpaired) electrons. The molecular weight excluding hydrogens is 262 g/mol. The van der Waals surface area contributed by atoms with Crippen molar-refractivity contribution in [2.24, 2.45) is 17.8 Å². The summed E-state index contributed by atoms with van der Waals surface area (Å²) in [5.74, 6) is 3.00. The highest BCUT2D eigenvalue weighted by Crippen LogP contribution is 2.37. The minimum Gasteiger partial charge on any atom is -0.497 e. The summed E-state index contributed by atoms with van der Waals surface area (Å²) in [5, 5.41) is 0. The molecule has 1 aromatic rings. The first-order valence-electron chi connectivity index (χ1n) is 7.94. The molecule has 3 nitrogen and oxygen atoms in total. The molecule has 1 aliphatic rings. The van der Waals surface area contributed by atoms with Crippen molar-refractivity contribution in [2.45, 2.75) is 46.1 Å². The largest absolute Gasteiger partial charge is 0.497 e. The van der Waals surface area contributed by atoms with Crippen molar-refractivity contribution >= 4 is 12.1 Å². The minimum absolute atomic E-state index is 0.320. The number of benzene rings is 1. The molecule has 1 aliphatic carbocycles. The number of hydrogen-bond donors (Lipinski definition) is 0. The van der Waals surface area contributed by atoms with Gasteiger partial charge in [0.1, 0.15) is 5.75 Å². The van der Waals surface area contributed by atoms with E-state index in [2.05, 4.69) is 20.8 Å². The van der Waals surface area contributed by atoms with Crippen LogP contribution in [0.15, 0.2) is 24.3 Å². The first-order chi connectivity index (χ1) is 10.1. The average Bonchev–Trinajstić information content (AvgIpc) is 2.48. The van der Waals surface area contributed by atoms with E-state index in [9.17, 15) is 4.79 Å². The van der Waals surface area contributed by atoms with Crippen LogP contribution < -0.4 is 9.64 Å². The van der Waals surface area contributed by atoms with E-state index < -0.39 is 0 Å². The Morgan fingerprint density at radius 1 is 1.24 bits per heavy atom. The van der Waals surface area contributed by atoms with Crippen LogP contribution in [0.4, 0.5) is 5.69 Å². The molecule has 1 amide bonds. The summed E-state index contributed by atoms with van der Waals surface area (Å²) in [6.07, 6.45) is 4.38. The summed E-state index contributed by atoms with van der Waals surface area (Å²) >= 11 is 0. The zero-order chi connectivity index (χ0) is 15.4. The maximum absolute atomic E-state index is 11.6. The third-order valence-corrected chi connectivity index (χ3v) is 4.94. The minimum atomic E-state index is 0.320. The molecule has 2 rings (SSSR count). The molecule has 0 saturated heterocycles. The number of amides is 1. The second kappa shape index (κ2) is 6.97. The van der Waals surface area contributed by atoms with Gasteiger partial charge in [-0.25, -0.2) is 0 Å². The van der Waals surface area contributed by atoms with Gasteiger partial charge in [-0.1, -0.05) is 20.8 Å². The number of carbonyl (C=O) groups is 1. The maximum Gasteiger partial charge on any atom is 0.214 e. The smallest absolute Gasteiger partial charge is 0.214 e. The molecule has 3 unspecified atom stereocenters. The van der Waals surface area contributed by atoms with E-state index in [1.54, 1.807) is 7.11 Å². The highest BCUT2D eigenvalue weighted by molar-refractivity contribution is 5.76. The van der Waals surface area contributed by atoms with Crippen LogP contribution in [-0.4, -0.2) is 19.6 Å². The predicted molar refractivity (Wildman–Crippen MR) is 86.7 cm³/mol. The van der Waals surface area contributed by atoms with Gasteiger partial charge in [-0.15, -0.1) is 0 Å². The molecule has 0 aromatic heterocycles. The monoisotopic (exact) mass is 289 g/mol. The van der Waals surface area contributed by atoms with Crippen LogP contribution in [0.25, 0.3) is 0 Å². The van der Waals surface area contributed by atoms with E-state index in [4.69, 9.17) is 4.74 Å². The Bertz CT molecular complexity index is 455. The van der Waals surface area contributed by atoms with Crippen LogP contribution in [-0.2, 0) is 4.79 Å². The summed E-state index contributed by atoms with van der Waals surface area (Å²) in [5.41, 5.74) is 0.964. The fourth-order valence-corrected chi connectivity index (χ4v) is 3.75. The third-order valence-electron chi connectivity index (χ3n) is 4.94. The molecule has 3 heteroatoms.